The first-order valence-corrected chi connectivity index (χ1v) is 6.39. The number of hydrogen-bond acceptors (Lipinski definition) is 5. The predicted molar refractivity (Wildman–Crippen MR) is 77.8 cm³/mol. The molecule has 0 bridgehead atoms. The molecule has 102 valence electrons. The van der Waals surface area contributed by atoms with E-state index in [1.807, 2.05) is 42.6 Å². The quantitative estimate of drug-likeness (QED) is 0.600. The summed E-state index contributed by atoms with van der Waals surface area (Å²) in [5.74, 6) is 1.66. The molecule has 0 saturated heterocycles. The summed E-state index contributed by atoms with van der Waals surface area (Å²) in [7, 11) is 0. The molecule has 0 saturated carbocycles. The number of para-hydroxylation sites is 1. The predicted octanol–water partition coefficient (Wildman–Crippen LogP) is 1.56. The molecular weight excluding hydrogens is 266 g/mol. The average molecular weight is 277 g/mol. The van der Waals surface area contributed by atoms with Gasteiger partial charge in [-0.1, -0.05) is 18.2 Å². The molecule has 4 aromatic rings. The molecule has 0 fully saturated rings. The molecule has 0 atom stereocenters. The fourth-order valence-electron chi connectivity index (χ4n) is 2.23. The maximum absolute atomic E-state index is 6.22. The number of nitrogens with zero attached hydrogens (tertiary/aromatic N) is 6. The Balaban J connectivity index is 1.89. The van der Waals surface area contributed by atoms with E-state index in [0.29, 0.717) is 17.4 Å². The fraction of sp³-hybridized carbons (Fsp3) is 0. The zero-order valence-corrected chi connectivity index (χ0v) is 11.0. The van der Waals surface area contributed by atoms with E-state index in [1.54, 1.807) is 21.5 Å². The van der Waals surface area contributed by atoms with Crippen LogP contribution in [0.1, 0.15) is 0 Å². The molecule has 1 aromatic carbocycles. The molecule has 0 radical (unpaired) electrons. The number of hydrogen-bond donors (Lipinski definition) is 1. The van der Waals surface area contributed by atoms with Crippen molar-refractivity contribution in [3.63, 3.8) is 0 Å². The third-order valence-corrected chi connectivity index (χ3v) is 3.24. The number of anilines is 1. The number of aromatic nitrogens is 6. The Bertz CT molecular complexity index is 907. The van der Waals surface area contributed by atoms with E-state index >= 15 is 0 Å². The molecule has 0 aliphatic carbocycles. The number of nitrogens with two attached hydrogens (primary N) is 1. The van der Waals surface area contributed by atoms with Gasteiger partial charge in [0.2, 0.25) is 0 Å². The van der Waals surface area contributed by atoms with Crippen LogP contribution in [0.15, 0.2) is 55.0 Å². The standard InChI is InChI=1S/C14H11N7/c15-12-11(9-17-21(12)10-5-2-1-3-6-10)13-18-19-14-16-7-4-8-20(13)14/h1-9H,15H2. The summed E-state index contributed by atoms with van der Waals surface area (Å²) < 4.78 is 3.45. The average Bonchev–Trinajstić information content (AvgIpc) is 3.11. The second-order valence-corrected chi connectivity index (χ2v) is 4.50. The molecule has 7 heteroatoms. The van der Waals surface area contributed by atoms with Crippen LogP contribution >= 0.6 is 0 Å². The third-order valence-electron chi connectivity index (χ3n) is 3.24. The van der Waals surface area contributed by atoms with Crippen molar-refractivity contribution < 1.29 is 0 Å². The van der Waals surface area contributed by atoms with Crippen LogP contribution in [0.5, 0.6) is 0 Å². The van der Waals surface area contributed by atoms with Gasteiger partial charge in [0.05, 0.1) is 17.4 Å². The highest BCUT2D eigenvalue weighted by Gasteiger charge is 2.16. The maximum atomic E-state index is 6.22. The summed E-state index contributed by atoms with van der Waals surface area (Å²) >= 11 is 0. The molecule has 3 heterocycles. The van der Waals surface area contributed by atoms with Crippen LogP contribution in [0.4, 0.5) is 5.82 Å². The first-order valence-electron chi connectivity index (χ1n) is 6.39. The van der Waals surface area contributed by atoms with Crippen LogP contribution in [0.3, 0.4) is 0 Å². The monoisotopic (exact) mass is 277 g/mol. The third kappa shape index (κ3) is 1.75. The van der Waals surface area contributed by atoms with Crippen LogP contribution < -0.4 is 5.73 Å². The lowest BCUT2D eigenvalue weighted by molar-refractivity contribution is 0.891. The molecule has 0 spiro atoms. The summed E-state index contributed by atoms with van der Waals surface area (Å²) in [6.07, 6.45) is 5.20. The number of nitrogen functional groups attached to an aromatic ring is 1. The highest BCUT2D eigenvalue weighted by Crippen LogP contribution is 2.26. The summed E-state index contributed by atoms with van der Waals surface area (Å²) in [5, 5.41) is 12.5. The van der Waals surface area contributed by atoms with E-state index < -0.39 is 0 Å². The molecular formula is C14H11N7. The molecule has 21 heavy (non-hydrogen) atoms. The SMILES string of the molecule is Nc1c(-c2nnc3ncccn23)cnn1-c1ccccc1. The Morgan fingerprint density at radius 3 is 2.71 bits per heavy atom. The summed E-state index contributed by atoms with van der Waals surface area (Å²) in [6, 6.07) is 11.5. The van der Waals surface area contributed by atoms with E-state index in [4.69, 9.17) is 5.73 Å². The second kappa shape index (κ2) is 4.41. The van der Waals surface area contributed by atoms with E-state index in [-0.39, 0.29) is 0 Å². The van der Waals surface area contributed by atoms with Gasteiger partial charge in [0.1, 0.15) is 5.82 Å². The summed E-state index contributed by atoms with van der Waals surface area (Å²) in [5.41, 5.74) is 7.83. The molecule has 4 rings (SSSR count). The smallest absolute Gasteiger partial charge is 0.255 e. The van der Waals surface area contributed by atoms with Crippen molar-refractivity contribution in [3.8, 4) is 17.1 Å². The fourth-order valence-corrected chi connectivity index (χ4v) is 2.23. The Hall–Kier alpha value is -3.22. The van der Waals surface area contributed by atoms with Crippen molar-refractivity contribution in [1.82, 2.24) is 29.4 Å². The van der Waals surface area contributed by atoms with Gasteiger partial charge in [-0.15, -0.1) is 10.2 Å². The van der Waals surface area contributed by atoms with Crippen LogP contribution in [-0.4, -0.2) is 29.4 Å². The molecule has 7 nitrogen and oxygen atoms in total. The van der Waals surface area contributed by atoms with Gasteiger partial charge in [-0.25, -0.2) is 9.67 Å². The largest absolute Gasteiger partial charge is 0.383 e. The van der Waals surface area contributed by atoms with Crippen molar-refractivity contribution in [2.24, 2.45) is 0 Å². The molecule has 0 amide bonds. The maximum Gasteiger partial charge on any atom is 0.255 e. The normalized spacial score (nSPS) is 11.0. The Labute approximate surface area is 119 Å². The van der Waals surface area contributed by atoms with Crippen molar-refractivity contribution >= 4 is 11.6 Å². The first-order chi connectivity index (χ1) is 10.3. The van der Waals surface area contributed by atoms with Gasteiger partial charge >= 0.3 is 0 Å². The Morgan fingerprint density at radius 2 is 1.86 bits per heavy atom. The molecule has 0 aliphatic rings. The molecule has 0 aliphatic heterocycles. The first kappa shape index (κ1) is 11.6. The summed E-state index contributed by atoms with van der Waals surface area (Å²) in [6.45, 7) is 0. The lowest BCUT2D eigenvalue weighted by Gasteiger charge is -2.04. The van der Waals surface area contributed by atoms with Crippen LogP contribution in [0, 0.1) is 0 Å². The van der Waals surface area contributed by atoms with E-state index in [0.717, 1.165) is 11.3 Å². The lowest BCUT2D eigenvalue weighted by Crippen LogP contribution is -2.02. The second-order valence-electron chi connectivity index (χ2n) is 4.50. The van der Waals surface area contributed by atoms with Gasteiger partial charge in [0.15, 0.2) is 5.82 Å². The van der Waals surface area contributed by atoms with Crippen molar-refractivity contribution in [2.45, 2.75) is 0 Å². The topological polar surface area (TPSA) is 86.9 Å². The van der Waals surface area contributed by atoms with Gasteiger partial charge in [0, 0.05) is 12.4 Å². The zero-order chi connectivity index (χ0) is 14.2. The van der Waals surface area contributed by atoms with Gasteiger partial charge in [0.25, 0.3) is 5.78 Å². The minimum absolute atomic E-state index is 0.513. The number of benzene rings is 1. The van der Waals surface area contributed by atoms with Crippen LogP contribution in [0.2, 0.25) is 0 Å². The van der Waals surface area contributed by atoms with Crippen LogP contribution in [0.25, 0.3) is 22.9 Å². The van der Waals surface area contributed by atoms with Crippen molar-refractivity contribution in [1.29, 1.82) is 0 Å². The van der Waals surface area contributed by atoms with Crippen LogP contribution in [-0.2, 0) is 0 Å². The number of rotatable bonds is 2. The Morgan fingerprint density at radius 1 is 1.00 bits per heavy atom. The molecule has 2 N–H and O–H groups in total. The molecule has 0 unspecified atom stereocenters. The van der Waals surface area contributed by atoms with Gasteiger partial charge in [-0.05, 0) is 18.2 Å². The molecule has 3 aromatic heterocycles. The van der Waals surface area contributed by atoms with Gasteiger partial charge < -0.3 is 5.73 Å². The van der Waals surface area contributed by atoms with Crippen molar-refractivity contribution in [3.05, 3.63) is 55.0 Å². The van der Waals surface area contributed by atoms with E-state index in [9.17, 15) is 0 Å². The van der Waals surface area contributed by atoms with E-state index in [2.05, 4.69) is 20.3 Å². The minimum Gasteiger partial charge on any atom is -0.383 e. The Kier molecular flexibility index (Phi) is 2.43. The zero-order valence-electron chi connectivity index (χ0n) is 11.0. The number of fused-ring (bicyclic) bond motifs is 1. The van der Waals surface area contributed by atoms with Gasteiger partial charge in [-0.2, -0.15) is 5.10 Å². The summed E-state index contributed by atoms with van der Waals surface area (Å²) in [4.78, 5) is 4.14. The van der Waals surface area contributed by atoms with E-state index in [1.165, 1.54) is 0 Å². The highest BCUT2D eigenvalue weighted by molar-refractivity contribution is 5.70. The van der Waals surface area contributed by atoms with Crippen molar-refractivity contribution in [2.75, 3.05) is 5.73 Å². The van der Waals surface area contributed by atoms with Gasteiger partial charge in [-0.3, -0.25) is 4.40 Å². The highest BCUT2D eigenvalue weighted by atomic mass is 15.3. The lowest BCUT2D eigenvalue weighted by atomic mass is 10.3. The minimum atomic E-state index is 0.513.